The van der Waals surface area contributed by atoms with E-state index in [0.717, 1.165) is 0 Å². The van der Waals surface area contributed by atoms with Crippen LogP contribution in [0, 0.1) is 6.92 Å². The summed E-state index contributed by atoms with van der Waals surface area (Å²) >= 11 is 0. The van der Waals surface area contributed by atoms with E-state index in [-0.39, 0.29) is 5.41 Å². The van der Waals surface area contributed by atoms with Gasteiger partial charge < -0.3 is 4.57 Å². The van der Waals surface area contributed by atoms with Gasteiger partial charge in [-0.3, -0.25) is 0 Å². The van der Waals surface area contributed by atoms with Crippen molar-refractivity contribution < 1.29 is 0 Å². The average molecular weight is 424 g/mol. The Labute approximate surface area is 193 Å². The number of hydrogen-bond acceptors (Lipinski definition) is 0. The van der Waals surface area contributed by atoms with Crippen LogP contribution in [0.5, 0.6) is 0 Å². The molecule has 0 N–H and O–H groups in total. The maximum Gasteiger partial charge on any atom is 0.0588 e. The Bertz CT molecular complexity index is 1730. The van der Waals surface area contributed by atoms with E-state index in [2.05, 4.69) is 122 Å². The molecule has 0 radical (unpaired) electrons. The first-order valence-corrected chi connectivity index (χ1v) is 11.7. The zero-order chi connectivity index (χ0) is 22.3. The number of fused-ring (bicyclic) bond motifs is 9. The molecule has 0 unspecified atom stereocenters. The SMILES string of the molecule is Cc1ccc2c(c1)C(C)(C)c1c-2ccc2c3c4ccccc4ccc3n(-c3ccccc3)c12. The lowest BCUT2D eigenvalue weighted by Gasteiger charge is -2.24. The molecule has 7 rings (SSSR count). The molecule has 33 heavy (non-hydrogen) atoms. The summed E-state index contributed by atoms with van der Waals surface area (Å²) in [5.41, 5.74) is 10.7. The zero-order valence-electron chi connectivity index (χ0n) is 19.2. The highest BCUT2D eigenvalue weighted by Gasteiger charge is 2.38. The van der Waals surface area contributed by atoms with E-state index in [0.29, 0.717) is 0 Å². The topological polar surface area (TPSA) is 4.93 Å². The second-order valence-corrected chi connectivity index (χ2v) is 9.91. The van der Waals surface area contributed by atoms with Crippen molar-refractivity contribution in [2.24, 2.45) is 0 Å². The molecule has 0 saturated heterocycles. The van der Waals surface area contributed by atoms with Crippen LogP contribution in [0.4, 0.5) is 0 Å². The molecule has 1 heterocycles. The van der Waals surface area contributed by atoms with Crippen LogP contribution in [0.25, 0.3) is 49.4 Å². The Hall–Kier alpha value is -3.84. The maximum atomic E-state index is 2.50. The minimum Gasteiger partial charge on any atom is -0.309 e. The predicted octanol–water partition coefficient (Wildman–Crippen LogP) is 8.55. The molecule has 0 aliphatic heterocycles. The van der Waals surface area contributed by atoms with Gasteiger partial charge in [-0.1, -0.05) is 98.3 Å². The molecular formula is C32H25N. The van der Waals surface area contributed by atoms with E-state index in [9.17, 15) is 0 Å². The highest BCUT2D eigenvalue weighted by atomic mass is 15.0. The molecule has 158 valence electrons. The minimum absolute atomic E-state index is 0.0765. The van der Waals surface area contributed by atoms with Gasteiger partial charge in [-0.2, -0.15) is 0 Å². The van der Waals surface area contributed by atoms with Crippen molar-refractivity contribution >= 4 is 32.6 Å². The molecule has 1 nitrogen and oxygen atoms in total. The monoisotopic (exact) mass is 423 g/mol. The van der Waals surface area contributed by atoms with Crippen LogP contribution in [-0.4, -0.2) is 4.57 Å². The van der Waals surface area contributed by atoms with E-state index in [1.807, 2.05) is 0 Å². The molecule has 0 atom stereocenters. The Kier molecular flexibility index (Phi) is 3.60. The van der Waals surface area contributed by atoms with Crippen molar-refractivity contribution in [3.63, 3.8) is 0 Å². The third-order valence-corrected chi connectivity index (χ3v) is 7.60. The van der Waals surface area contributed by atoms with Gasteiger partial charge in [0.2, 0.25) is 0 Å². The van der Waals surface area contributed by atoms with Gasteiger partial charge in [-0.05, 0) is 58.1 Å². The zero-order valence-corrected chi connectivity index (χ0v) is 19.2. The summed E-state index contributed by atoms with van der Waals surface area (Å²) in [5.74, 6) is 0. The average Bonchev–Trinajstić information content (AvgIpc) is 3.29. The van der Waals surface area contributed by atoms with Crippen molar-refractivity contribution in [1.29, 1.82) is 0 Å². The molecule has 1 aromatic heterocycles. The Balaban J connectivity index is 1.74. The van der Waals surface area contributed by atoms with Crippen molar-refractivity contribution in [3.8, 4) is 16.8 Å². The number of para-hydroxylation sites is 1. The van der Waals surface area contributed by atoms with E-state index < -0.39 is 0 Å². The van der Waals surface area contributed by atoms with Crippen molar-refractivity contribution in [2.45, 2.75) is 26.2 Å². The standard InChI is InChI=1S/C32H25N/c1-20-13-15-24-25-16-17-26-29-23-12-8-7-9-21(23)14-18-28(29)33(22-10-5-4-6-11-22)31(26)30(25)32(2,3)27(24)19-20/h4-19H,1-3H3. The summed E-state index contributed by atoms with van der Waals surface area (Å²) in [4.78, 5) is 0. The van der Waals surface area contributed by atoms with E-state index in [4.69, 9.17) is 0 Å². The molecule has 0 fully saturated rings. The lowest BCUT2D eigenvalue weighted by molar-refractivity contribution is 0.663. The fraction of sp³-hybridized carbons (Fsp3) is 0.125. The smallest absolute Gasteiger partial charge is 0.0588 e. The predicted molar refractivity (Wildman–Crippen MR) is 141 cm³/mol. The first kappa shape index (κ1) is 18.7. The Morgan fingerprint density at radius 1 is 0.667 bits per heavy atom. The van der Waals surface area contributed by atoms with Gasteiger partial charge >= 0.3 is 0 Å². The molecule has 0 bridgehead atoms. The molecule has 5 aromatic carbocycles. The number of rotatable bonds is 1. The van der Waals surface area contributed by atoms with Crippen molar-refractivity contribution in [1.82, 2.24) is 4.57 Å². The highest BCUT2D eigenvalue weighted by molar-refractivity contribution is 6.23. The first-order chi connectivity index (χ1) is 16.1. The fourth-order valence-corrected chi connectivity index (χ4v) is 6.12. The summed E-state index contributed by atoms with van der Waals surface area (Å²) < 4.78 is 2.50. The van der Waals surface area contributed by atoms with E-state index in [1.165, 1.54) is 66.1 Å². The number of aromatic nitrogens is 1. The summed E-state index contributed by atoms with van der Waals surface area (Å²) in [5, 5.41) is 5.29. The van der Waals surface area contributed by atoms with E-state index >= 15 is 0 Å². The molecule has 0 saturated carbocycles. The van der Waals surface area contributed by atoms with Crippen LogP contribution in [0.2, 0.25) is 0 Å². The number of aryl methyl sites for hydroxylation is 1. The van der Waals surface area contributed by atoms with Gasteiger partial charge in [0.15, 0.2) is 0 Å². The van der Waals surface area contributed by atoms with Gasteiger partial charge in [0.05, 0.1) is 11.0 Å². The van der Waals surface area contributed by atoms with Gasteiger partial charge in [0.25, 0.3) is 0 Å². The van der Waals surface area contributed by atoms with Crippen molar-refractivity contribution in [3.05, 3.63) is 114 Å². The van der Waals surface area contributed by atoms with Gasteiger partial charge in [0, 0.05) is 21.9 Å². The third-order valence-electron chi connectivity index (χ3n) is 7.60. The van der Waals surface area contributed by atoms with Crippen LogP contribution in [0.15, 0.2) is 97.1 Å². The summed E-state index contributed by atoms with van der Waals surface area (Å²) in [7, 11) is 0. The lowest BCUT2D eigenvalue weighted by Crippen LogP contribution is -2.16. The molecule has 1 aliphatic rings. The second-order valence-electron chi connectivity index (χ2n) is 9.91. The summed E-state index contributed by atoms with van der Waals surface area (Å²) in [6, 6.07) is 35.8. The maximum absolute atomic E-state index is 2.50. The van der Waals surface area contributed by atoms with Gasteiger partial charge in [-0.15, -0.1) is 0 Å². The van der Waals surface area contributed by atoms with Gasteiger partial charge in [0.1, 0.15) is 0 Å². The quantitative estimate of drug-likeness (QED) is 0.250. The Morgan fingerprint density at radius 2 is 1.42 bits per heavy atom. The van der Waals surface area contributed by atoms with Crippen LogP contribution in [0.3, 0.4) is 0 Å². The molecule has 1 aliphatic carbocycles. The molecule has 6 aromatic rings. The highest BCUT2D eigenvalue weighted by Crippen LogP contribution is 2.53. The van der Waals surface area contributed by atoms with Crippen molar-refractivity contribution in [2.75, 3.05) is 0 Å². The number of benzene rings is 5. The van der Waals surface area contributed by atoms with Crippen LogP contribution < -0.4 is 0 Å². The number of hydrogen-bond donors (Lipinski definition) is 0. The van der Waals surface area contributed by atoms with Gasteiger partial charge in [-0.25, -0.2) is 0 Å². The Morgan fingerprint density at radius 3 is 2.27 bits per heavy atom. The first-order valence-electron chi connectivity index (χ1n) is 11.7. The van der Waals surface area contributed by atoms with Crippen LogP contribution in [-0.2, 0) is 5.41 Å². The molecule has 0 amide bonds. The number of nitrogens with zero attached hydrogens (tertiary/aromatic N) is 1. The van der Waals surface area contributed by atoms with E-state index in [1.54, 1.807) is 0 Å². The molecular weight excluding hydrogens is 398 g/mol. The molecule has 0 spiro atoms. The third kappa shape index (κ3) is 2.37. The summed E-state index contributed by atoms with van der Waals surface area (Å²) in [6.45, 7) is 6.98. The van der Waals surface area contributed by atoms with Crippen LogP contribution >= 0.6 is 0 Å². The largest absolute Gasteiger partial charge is 0.309 e. The fourth-order valence-electron chi connectivity index (χ4n) is 6.12. The van der Waals surface area contributed by atoms with Crippen LogP contribution in [0.1, 0.15) is 30.5 Å². The molecule has 1 heteroatoms. The lowest BCUT2D eigenvalue weighted by atomic mass is 9.81. The normalized spacial score (nSPS) is 14.2. The minimum atomic E-state index is -0.0765. The second kappa shape index (κ2) is 6.36. The summed E-state index contributed by atoms with van der Waals surface area (Å²) in [6.07, 6.45) is 0.